The molecule has 3 nitrogen and oxygen atoms in total. The van der Waals surface area contributed by atoms with Gasteiger partial charge in [0.05, 0.1) is 0 Å². The Bertz CT molecular complexity index is 385. The number of hydrogen-bond donors (Lipinski definition) is 2. The molecular formula is C13H19BrN2O. The zero-order valence-electron chi connectivity index (χ0n) is 10.3. The van der Waals surface area contributed by atoms with Gasteiger partial charge in [-0.2, -0.15) is 0 Å². The van der Waals surface area contributed by atoms with Crippen molar-refractivity contribution >= 4 is 21.8 Å². The molecule has 1 amide bonds. The molecule has 3 N–H and O–H groups in total. The Morgan fingerprint density at radius 3 is 2.65 bits per heavy atom. The van der Waals surface area contributed by atoms with E-state index < -0.39 is 0 Å². The maximum atomic E-state index is 11.6. The number of halogens is 1. The summed E-state index contributed by atoms with van der Waals surface area (Å²) in [6.45, 7) is 4.28. The molecule has 1 aromatic carbocycles. The third-order valence-corrected chi connectivity index (χ3v) is 3.09. The molecule has 1 aromatic rings. The minimum absolute atomic E-state index is 0.0410. The fourth-order valence-electron chi connectivity index (χ4n) is 1.36. The van der Waals surface area contributed by atoms with E-state index in [1.54, 1.807) is 0 Å². The molecule has 4 heteroatoms. The second kappa shape index (κ2) is 6.17. The number of hydrogen-bond acceptors (Lipinski definition) is 2. The van der Waals surface area contributed by atoms with Gasteiger partial charge in [0.25, 0.3) is 0 Å². The lowest BCUT2D eigenvalue weighted by Gasteiger charge is -2.18. The summed E-state index contributed by atoms with van der Waals surface area (Å²) in [4.78, 5) is 11.6. The lowest BCUT2D eigenvalue weighted by Crippen LogP contribution is -2.45. The van der Waals surface area contributed by atoms with Crippen LogP contribution in [0.1, 0.15) is 25.8 Å². The van der Waals surface area contributed by atoms with Crippen LogP contribution in [0.3, 0.4) is 0 Å². The van der Waals surface area contributed by atoms with E-state index in [2.05, 4.69) is 21.2 Å². The van der Waals surface area contributed by atoms with E-state index >= 15 is 0 Å². The van der Waals surface area contributed by atoms with Crippen molar-refractivity contribution in [3.63, 3.8) is 0 Å². The molecule has 0 radical (unpaired) electrons. The van der Waals surface area contributed by atoms with Crippen molar-refractivity contribution in [1.82, 2.24) is 5.32 Å². The number of rotatable bonds is 5. The van der Waals surface area contributed by atoms with Crippen molar-refractivity contribution in [3.8, 4) is 0 Å². The van der Waals surface area contributed by atoms with Crippen molar-refractivity contribution < 1.29 is 4.79 Å². The Hall–Kier alpha value is -0.870. The van der Waals surface area contributed by atoms with Crippen molar-refractivity contribution in [2.24, 2.45) is 5.73 Å². The molecule has 0 saturated heterocycles. The van der Waals surface area contributed by atoms with Gasteiger partial charge in [-0.15, -0.1) is 0 Å². The average molecular weight is 299 g/mol. The highest BCUT2D eigenvalue weighted by Gasteiger charge is 2.12. The molecule has 17 heavy (non-hydrogen) atoms. The van der Waals surface area contributed by atoms with E-state index in [1.807, 2.05) is 38.1 Å². The molecule has 0 atom stereocenters. The maximum absolute atomic E-state index is 11.6. The molecule has 0 aromatic heterocycles. The first-order chi connectivity index (χ1) is 7.88. The second-order valence-corrected chi connectivity index (χ2v) is 5.71. The van der Waals surface area contributed by atoms with Gasteiger partial charge in [0, 0.05) is 23.0 Å². The van der Waals surface area contributed by atoms with Gasteiger partial charge in [-0.3, -0.25) is 4.79 Å². The van der Waals surface area contributed by atoms with Crippen molar-refractivity contribution in [3.05, 3.63) is 34.3 Å². The van der Waals surface area contributed by atoms with Crippen molar-refractivity contribution in [2.75, 3.05) is 6.54 Å². The number of nitrogens with two attached hydrogens (primary N) is 1. The van der Waals surface area contributed by atoms with Crippen LogP contribution in [-0.2, 0) is 11.2 Å². The van der Waals surface area contributed by atoms with Crippen LogP contribution >= 0.6 is 15.9 Å². The first-order valence-corrected chi connectivity index (χ1v) is 6.47. The number of benzene rings is 1. The predicted molar refractivity (Wildman–Crippen MR) is 73.7 cm³/mol. The molecule has 0 spiro atoms. The van der Waals surface area contributed by atoms with Crippen LogP contribution in [0.4, 0.5) is 0 Å². The molecule has 0 fully saturated rings. The van der Waals surface area contributed by atoms with Crippen LogP contribution in [0.2, 0.25) is 0 Å². The highest BCUT2D eigenvalue weighted by atomic mass is 79.9. The van der Waals surface area contributed by atoms with Gasteiger partial charge >= 0.3 is 0 Å². The van der Waals surface area contributed by atoms with E-state index in [0.29, 0.717) is 13.0 Å². The number of nitrogens with one attached hydrogen (secondary N) is 1. The molecule has 0 aliphatic rings. The largest absolute Gasteiger partial charge is 0.354 e. The summed E-state index contributed by atoms with van der Waals surface area (Å²) in [6, 6.07) is 7.94. The van der Waals surface area contributed by atoms with Gasteiger partial charge in [-0.1, -0.05) is 34.1 Å². The molecule has 0 aliphatic heterocycles. The molecule has 0 unspecified atom stereocenters. The Morgan fingerprint density at radius 2 is 2.06 bits per heavy atom. The summed E-state index contributed by atoms with van der Waals surface area (Å²) in [5, 5.41) is 2.83. The SMILES string of the molecule is CC(C)(N)CNC(=O)CCc1ccccc1Br. The first-order valence-electron chi connectivity index (χ1n) is 5.67. The summed E-state index contributed by atoms with van der Waals surface area (Å²) in [5.41, 5.74) is 6.58. The lowest BCUT2D eigenvalue weighted by atomic mass is 10.1. The molecule has 1 rings (SSSR count). The van der Waals surface area contributed by atoms with Gasteiger partial charge in [-0.05, 0) is 31.9 Å². The quantitative estimate of drug-likeness (QED) is 0.876. The van der Waals surface area contributed by atoms with Gasteiger partial charge in [0.1, 0.15) is 0 Å². The Morgan fingerprint density at radius 1 is 1.41 bits per heavy atom. The van der Waals surface area contributed by atoms with E-state index in [0.717, 1.165) is 16.5 Å². The van der Waals surface area contributed by atoms with Gasteiger partial charge in [-0.25, -0.2) is 0 Å². The van der Waals surface area contributed by atoms with E-state index in [-0.39, 0.29) is 11.4 Å². The van der Waals surface area contributed by atoms with Gasteiger partial charge < -0.3 is 11.1 Å². The zero-order chi connectivity index (χ0) is 12.9. The standard InChI is InChI=1S/C13H19BrN2O/c1-13(2,15)9-16-12(17)8-7-10-5-3-4-6-11(10)14/h3-6H,7-9,15H2,1-2H3,(H,16,17). The lowest BCUT2D eigenvalue weighted by molar-refractivity contribution is -0.121. The molecule has 0 bridgehead atoms. The van der Waals surface area contributed by atoms with Crippen LogP contribution < -0.4 is 11.1 Å². The molecule has 0 aliphatic carbocycles. The summed E-state index contributed by atoms with van der Waals surface area (Å²) in [5.74, 6) is 0.0410. The van der Waals surface area contributed by atoms with Gasteiger partial charge in [0.2, 0.25) is 5.91 Å². The third-order valence-electron chi connectivity index (χ3n) is 2.32. The Labute approximate surface area is 111 Å². The summed E-state index contributed by atoms with van der Waals surface area (Å²) >= 11 is 3.47. The van der Waals surface area contributed by atoms with Crippen LogP contribution in [0.5, 0.6) is 0 Å². The zero-order valence-corrected chi connectivity index (χ0v) is 11.9. The average Bonchev–Trinajstić information content (AvgIpc) is 2.24. The summed E-state index contributed by atoms with van der Waals surface area (Å²) in [7, 11) is 0. The number of aryl methyl sites for hydroxylation is 1. The van der Waals surface area contributed by atoms with Crippen LogP contribution in [-0.4, -0.2) is 18.0 Å². The predicted octanol–water partition coefficient (Wildman–Crippen LogP) is 2.24. The second-order valence-electron chi connectivity index (χ2n) is 4.86. The highest BCUT2D eigenvalue weighted by molar-refractivity contribution is 9.10. The van der Waals surface area contributed by atoms with Crippen molar-refractivity contribution in [2.45, 2.75) is 32.2 Å². The van der Waals surface area contributed by atoms with E-state index in [1.165, 1.54) is 0 Å². The molecule has 94 valence electrons. The molecule has 0 saturated carbocycles. The minimum Gasteiger partial charge on any atom is -0.354 e. The Kier molecular flexibility index (Phi) is 5.15. The third kappa shape index (κ3) is 5.84. The fraction of sp³-hybridized carbons (Fsp3) is 0.462. The number of amides is 1. The van der Waals surface area contributed by atoms with Crippen LogP contribution in [0.25, 0.3) is 0 Å². The minimum atomic E-state index is -0.358. The molecular weight excluding hydrogens is 280 g/mol. The highest BCUT2D eigenvalue weighted by Crippen LogP contribution is 2.17. The summed E-state index contributed by atoms with van der Waals surface area (Å²) < 4.78 is 1.05. The van der Waals surface area contributed by atoms with Crippen LogP contribution in [0, 0.1) is 0 Å². The topological polar surface area (TPSA) is 55.1 Å². The summed E-state index contributed by atoms with van der Waals surface area (Å²) in [6.07, 6.45) is 1.22. The fourth-order valence-corrected chi connectivity index (χ4v) is 1.85. The van der Waals surface area contributed by atoms with Gasteiger partial charge in [0.15, 0.2) is 0 Å². The Balaban J connectivity index is 2.36. The van der Waals surface area contributed by atoms with E-state index in [9.17, 15) is 4.79 Å². The number of carbonyl (C=O) groups excluding carboxylic acids is 1. The van der Waals surface area contributed by atoms with Crippen molar-refractivity contribution in [1.29, 1.82) is 0 Å². The maximum Gasteiger partial charge on any atom is 0.220 e. The monoisotopic (exact) mass is 298 g/mol. The van der Waals surface area contributed by atoms with E-state index in [4.69, 9.17) is 5.73 Å². The smallest absolute Gasteiger partial charge is 0.220 e. The normalized spacial score (nSPS) is 11.3. The molecule has 0 heterocycles. The van der Waals surface area contributed by atoms with Crippen LogP contribution in [0.15, 0.2) is 28.7 Å². The number of carbonyl (C=O) groups is 1. The first kappa shape index (κ1) is 14.2.